The fourth-order valence-electron chi connectivity index (χ4n) is 2.52. The van der Waals surface area contributed by atoms with E-state index in [-0.39, 0.29) is 17.6 Å². The Labute approximate surface area is 142 Å². The second-order valence-electron chi connectivity index (χ2n) is 7.46. The van der Waals surface area contributed by atoms with Gasteiger partial charge in [-0.15, -0.1) is 11.3 Å². The van der Waals surface area contributed by atoms with Gasteiger partial charge in [-0.05, 0) is 38.5 Å². The summed E-state index contributed by atoms with van der Waals surface area (Å²) in [4.78, 5) is 18.4. The van der Waals surface area contributed by atoms with Gasteiger partial charge in [-0.2, -0.15) is 4.99 Å². The van der Waals surface area contributed by atoms with Crippen molar-refractivity contribution in [2.45, 2.75) is 66.5 Å². The molecule has 1 fully saturated rings. The minimum atomic E-state index is -0.264. The highest BCUT2D eigenvalue weighted by Gasteiger charge is 2.18. The van der Waals surface area contributed by atoms with Gasteiger partial charge in [0.05, 0.1) is 12.6 Å². The van der Waals surface area contributed by atoms with Crippen LogP contribution in [0.2, 0.25) is 0 Å². The molecule has 1 aromatic rings. The zero-order valence-corrected chi connectivity index (χ0v) is 15.8. The second kappa shape index (κ2) is 7.62. The molecule has 0 aromatic carbocycles. The number of urea groups is 1. The number of rotatable bonds is 3. The third-order valence-electron chi connectivity index (χ3n) is 4.02. The lowest BCUT2D eigenvalue weighted by Gasteiger charge is -2.23. The van der Waals surface area contributed by atoms with E-state index in [9.17, 15) is 4.79 Å². The molecule has 1 unspecified atom stereocenters. The monoisotopic (exact) mass is 339 g/mol. The average Bonchev–Trinajstić information content (AvgIpc) is 2.73. The molecule has 0 spiro atoms. The molecule has 1 aromatic heterocycles. The van der Waals surface area contributed by atoms with Gasteiger partial charge in [0.1, 0.15) is 0 Å². The summed E-state index contributed by atoms with van der Waals surface area (Å²) in [5, 5.41) is 2.89. The van der Waals surface area contributed by atoms with E-state index in [1.54, 1.807) is 11.3 Å². The maximum absolute atomic E-state index is 12.1. The third kappa shape index (κ3) is 5.46. The van der Waals surface area contributed by atoms with Crippen LogP contribution in [0.15, 0.2) is 4.99 Å². The van der Waals surface area contributed by atoms with Gasteiger partial charge in [-0.1, -0.05) is 20.8 Å². The molecule has 2 amide bonds. The van der Waals surface area contributed by atoms with Gasteiger partial charge in [0.2, 0.25) is 0 Å². The van der Waals surface area contributed by atoms with E-state index < -0.39 is 0 Å². The number of hydrogen-bond donors (Lipinski definition) is 1. The summed E-state index contributed by atoms with van der Waals surface area (Å²) in [6, 6.07) is -0.264. The summed E-state index contributed by atoms with van der Waals surface area (Å²) in [6.45, 7) is 12.7. The molecule has 5 nitrogen and oxygen atoms in total. The van der Waals surface area contributed by atoms with Crippen LogP contribution in [0.1, 0.15) is 50.6 Å². The van der Waals surface area contributed by atoms with Crippen molar-refractivity contribution >= 4 is 17.4 Å². The zero-order chi connectivity index (χ0) is 17.0. The number of carbonyl (C=O) groups excluding carboxylic acids is 1. The summed E-state index contributed by atoms with van der Waals surface area (Å²) in [7, 11) is 0. The number of amides is 2. The smallest absolute Gasteiger partial charge is 0.343 e. The molecule has 1 aliphatic rings. The molecule has 1 N–H and O–H groups in total. The second-order valence-corrected chi connectivity index (χ2v) is 8.64. The standard InChI is InChI=1S/C17H29N3O2S/c1-12-13(2)23-16(19-15(21)18-11-17(3,4)5)20(12)10-14-8-6-7-9-22-14/h14H,6-11H2,1-5H3,(H,18,21). The van der Waals surface area contributed by atoms with Crippen molar-refractivity contribution in [3.05, 3.63) is 15.4 Å². The number of ether oxygens (including phenoxy) is 1. The number of aromatic nitrogens is 1. The van der Waals surface area contributed by atoms with Crippen molar-refractivity contribution in [1.29, 1.82) is 0 Å². The van der Waals surface area contributed by atoms with Crippen molar-refractivity contribution in [2.24, 2.45) is 10.4 Å². The molecule has 0 radical (unpaired) electrons. The molecule has 0 aliphatic carbocycles. The van der Waals surface area contributed by atoms with Crippen LogP contribution in [0.5, 0.6) is 0 Å². The van der Waals surface area contributed by atoms with Crippen LogP contribution in [0.4, 0.5) is 4.79 Å². The quantitative estimate of drug-likeness (QED) is 0.918. The highest BCUT2D eigenvalue weighted by atomic mass is 32.1. The van der Waals surface area contributed by atoms with E-state index in [0.717, 1.165) is 30.8 Å². The molecule has 23 heavy (non-hydrogen) atoms. The minimum absolute atomic E-state index is 0.0539. The Morgan fingerprint density at radius 3 is 2.74 bits per heavy atom. The fraction of sp³-hybridized carbons (Fsp3) is 0.765. The highest BCUT2D eigenvalue weighted by Crippen LogP contribution is 2.17. The van der Waals surface area contributed by atoms with E-state index in [0.29, 0.717) is 6.54 Å². The van der Waals surface area contributed by atoms with Crippen molar-refractivity contribution < 1.29 is 9.53 Å². The van der Waals surface area contributed by atoms with E-state index in [1.165, 1.54) is 17.0 Å². The lowest BCUT2D eigenvalue weighted by atomic mass is 9.97. The molecular formula is C17H29N3O2S. The van der Waals surface area contributed by atoms with Crippen LogP contribution in [-0.4, -0.2) is 29.9 Å². The van der Waals surface area contributed by atoms with E-state index in [4.69, 9.17) is 4.74 Å². The summed E-state index contributed by atoms with van der Waals surface area (Å²) < 4.78 is 7.97. The van der Waals surface area contributed by atoms with Gasteiger partial charge in [0.25, 0.3) is 0 Å². The van der Waals surface area contributed by atoms with Gasteiger partial charge >= 0.3 is 6.03 Å². The first-order valence-corrected chi connectivity index (χ1v) is 9.19. The Morgan fingerprint density at radius 1 is 1.39 bits per heavy atom. The maximum atomic E-state index is 12.1. The van der Waals surface area contributed by atoms with E-state index in [1.807, 2.05) is 0 Å². The Kier molecular flexibility index (Phi) is 6.03. The van der Waals surface area contributed by atoms with Crippen LogP contribution in [0.3, 0.4) is 0 Å². The Hall–Kier alpha value is -1.14. The first-order chi connectivity index (χ1) is 10.8. The minimum Gasteiger partial charge on any atom is -0.376 e. The lowest BCUT2D eigenvalue weighted by Crippen LogP contribution is -2.33. The van der Waals surface area contributed by atoms with Crippen molar-refractivity contribution in [2.75, 3.05) is 13.2 Å². The number of nitrogens with zero attached hydrogens (tertiary/aromatic N) is 2. The number of nitrogens with one attached hydrogen (secondary N) is 1. The average molecular weight is 340 g/mol. The van der Waals surface area contributed by atoms with Gasteiger partial charge in [0.15, 0.2) is 4.80 Å². The first kappa shape index (κ1) is 18.2. The SMILES string of the molecule is Cc1sc(=NC(=O)NCC(C)(C)C)n(CC2CCCCO2)c1C. The molecule has 130 valence electrons. The van der Waals surface area contributed by atoms with Gasteiger partial charge in [-0.25, -0.2) is 4.79 Å². The predicted molar refractivity (Wildman–Crippen MR) is 93.8 cm³/mol. The largest absolute Gasteiger partial charge is 0.376 e. The number of carbonyl (C=O) groups is 1. The zero-order valence-electron chi connectivity index (χ0n) is 14.9. The van der Waals surface area contributed by atoms with E-state index in [2.05, 4.69) is 49.5 Å². The fourth-order valence-corrected chi connectivity index (χ4v) is 3.50. The van der Waals surface area contributed by atoms with Crippen LogP contribution in [0, 0.1) is 19.3 Å². The summed E-state index contributed by atoms with van der Waals surface area (Å²) >= 11 is 1.57. The summed E-state index contributed by atoms with van der Waals surface area (Å²) in [5.74, 6) is 0. The summed E-state index contributed by atoms with van der Waals surface area (Å²) in [6.07, 6.45) is 3.67. The van der Waals surface area contributed by atoms with Gasteiger partial charge in [0, 0.05) is 23.7 Å². The molecular weight excluding hydrogens is 310 g/mol. The molecule has 0 saturated carbocycles. The van der Waals surface area contributed by atoms with Crippen molar-refractivity contribution in [3.8, 4) is 0 Å². The number of thiazole rings is 1. The molecule has 1 aliphatic heterocycles. The molecule has 2 rings (SSSR count). The molecule has 1 atom stereocenters. The first-order valence-electron chi connectivity index (χ1n) is 8.37. The normalized spacial score (nSPS) is 19.9. The van der Waals surface area contributed by atoms with Crippen LogP contribution >= 0.6 is 11.3 Å². The van der Waals surface area contributed by atoms with Crippen LogP contribution in [0.25, 0.3) is 0 Å². The summed E-state index contributed by atoms with van der Waals surface area (Å²) in [5.41, 5.74) is 1.23. The van der Waals surface area contributed by atoms with E-state index >= 15 is 0 Å². The topological polar surface area (TPSA) is 55.6 Å². The molecule has 6 heteroatoms. The number of hydrogen-bond acceptors (Lipinski definition) is 3. The van der Waals surface area contributed by atoms with Gasteiger partial charge in [-0.3, -0.25) is 0 Å². The molecule has 2 heterocycles. The predicted octanol–water partition coefficient (Wildman–Crippen LogP) is 3.39. The lowest BCUT2D eigenvalue weighted by molar-refractivity contribution is 0.00525. The molecule has 1 saturated heterocycles. The Bertz CT molecular complexity index is 604. The van der Waals surface area contributed by atoms with Crippen LogP contribution in [-0.2, 0) is 11.3 Å². The highest BCUT2D eigenvalue weighted by molar-refractivity contribution is 7.09. The van der Waals surface area contributed by atoms with Crippen LogP contribution < -0.4 is 10.1 Å². The Balaban J connectivity index is 2.15. The molecule has 0 bridgehead atoms. The number of aryl methyl sites for hydroxylation is 1. The third-order valence-corrected chi connectivity index (χ3v) is 5.11. The van der Waals surface area contributed by atoms with Gasteiger partial charge < -0.3 is 14.6 Å². The van der Waals surface area contributed by atoms with Crippen molar-refractivity contribution in [3.63, 3.8) is 0 Å². The Morgan fingerprint density at radius 2 is 2.13 bits per heavy atom. The van der Waals surface area contributed by atoms with Crippen molar-refractivity contribution in [1.82, 2.24) is 9.88 Å². The maximum Gasteiger partial charge on any atom is 0.343 e.